The summed E-state index contributed by atoms with van der Waals surface area (Å²) < 4.78 is 11.8. The number of ether oxygens (including phenoxy) is 2. The number of piperidine rings is 1. The summed E-state index contributed by atoms with van der Waals surface area (Å²) in [6, 6.07) is 9.92. The lowest BCUT2D eigenvalue weighted by atomic mass is 9.83. The Bertz CT molecular complexity index is 1510. The van der Waals surface area contributed by atoms with Crippen molar-refractivity contribution in [2.24, 2.45) is 0 Å². The van der Waals surface area contributed by atoms with Crippen molar-refractivity contribution in [3.8, 4) is 11.5 Å². The van der Waals surface area contributed by atoms with E-state index < -0.39 is 11.0 Å². The number of nitrogens with zero attached hydrogens (tertiary/aromatic N) is 3. The average molecular weight is 593 g/mol. The minimum atomic E-state index is -0.701. The first-order valence-electron chi connectivity index (χ1n) is 14.3. The zero-order valence-corrected chi connectivity index (χ0v) is 25.1. The first-order valence-corrected chi connectivity index (χ1v) is 14.7. The van der Waals surface area contributed by atoms with E-state index in [1.807, 2.05) is 52.0 Å². The molecule has 0 unspecified atom stereocenters. The largest absolute Gasteiger partial charge is 0.453 e. The number of carbonyl (C=O) groups excluding carboxylic acids is 1. The molecule has 1 saturated heterocycles. The normalized spacial score (nSPS) is 18.1. The molecule has 0 atom stereocenters. The fourth-order valence-corrected chi connectivity index (χ4v) is 6.38. The zero-order chi connectivity index (χ0) is 29.6. The Kier molecular flexibility index (Phi) is 7.41. The van der Waals surface area contributed by atoms with Gasteiger partial charge in [0.25, 0.3) is 0 Å². The first-order chi connectivity index (χ1) is 20.0. The van der Waals surface area contributed by atoms with Crippen molar-refractivity contribution in [2.75, 3.05) is 42.4 Å². The monoisotopic (exact) mass is 592 g/mol. The van der Waals surface area contributed by atoms with E-state index in [1.54, 1.807) is 6.20 Å². The molecule has 0 radical (unpaired) electrons. The zero-order valence-electron chi connectivity index (χ0n) is 24.4. The number of rotatable bonds is 8. The molecule has 6 rings (SSSR count). The van der Waals surface area contributed by atoms with E-state index in [4.69, 9.17) is 21.1 Å². The van der Waals surface area contributed by atoms with Crippen LogP contribution in [0.25, 0.3) is 0 Å². The highest BCUT2D eigenvalue weighted by molar-refractivity contribution is 6.32. The van der Waals surface area contributed by atoms with Crippen LogP contribution in [-0.4, -0.2) is 57.9 Å². The molecule has 3 aromatic rings. The molecule has 1 amide bonds. The second kappa shape index (κ2) is 10.9. The molecule has 0 spiro atoms. The number of amides is 1. The van der Waals surface area contributed by atoms with Crippen LogP contribution in [0.2, 0.25) is 5.02 Å². The van der Waals surface area contributed by atoms with Gasteiger partial charge in [-0.05, 0) is 82.8 Å². The van der Waals surface area contributed by atoms with Gasteiger partial charge < -0.3 is 35.4 Å². The lowest BCUT2D eigenvalue weighted by molar-refractivity contribution is -0.119. The highest BCUT2D eigenvalue weighted by Gasteiger charge is 2.40. The van der Waals surface area contributed by atoms with Crippen molar-refractivity contribution in [1.29, 1.82) is 0 Å². The Labute approximate surface area is 250 Å². The summed E-state index contributed by atoms with van der Waals surface area (Å²) in [5.74, 6) is 2.59. The van der Waals surface area contributed by atoms with Crippen molar-refractivity contribution in [1.82, 2.24) is 14.9 Å². The molecule has 1 fully saturated rings. The molecule has 10 nitrogen and oxygen atoms in total. The number of anilines is 4. The third kappa shape index (κ3) is 5.58. The van der Waals surface area contributed by atoms with Crippen molar-refractivity contribution >= 4 is 40.6 Å². The van der Waals surface area contributed by atoms with Crippen molar-refractivity contribution in [3.63, 3.8) is 0 Å². The first kappa shape index (κ1) is 28.5. The predicted octanol–water partition coefficient (Wildman–Crippen LogP) is 5.39. The smallest absolute Gasteiger partial charge is 0.234 e. The second-order valence-electron chi connectivity index (χ2n) is 12.4. The van der Waals surface area contributed by atoms with Crippen LogP contribution in [0.5, 0.6) is 11.5 Å². The summed E-state index contributed by atoms with van der Waals surface area (Å²) in [5.41, 5.74) is 3.32. The van der Waals surface area contributed by atoms with Crippen LogP contribution in [0.1, 0.15) is 63.1 Å². The minimum Gasteiger partial charge on any atom is -0.453 e. The van der Waals surface area contributed by atoms with E-state index in [0.717, 1.165) is 54.1 Å². The van der Waals surface area contributed by atoms with Gasteiger partial charge in [0.05, 0.1) is 22.9 Å². The standard InChI is InChI=1S/C31H37ClN6O4/c1-30(2,40)16-38-12-10-18(11-13-38)20-8-9-23(26-25(20)41-17-42-26)36-29-34-15-21(32)27(37-29)33-14-19-6-5-7-22-24(19)31(3,4)28(39)35-22/h5-9,15,18,40H,10-14,16-17H2,1-4H3,(H,35,39)(H2,33,34,36,37). The lowest BCUT2D eigenvalue weighted by Gasteiger charge is -2.35. The SMILES string of the molecule is CC(C)(O)CN1CCC(c2ccc(Nc3ncc(Cl)c(NCc4cccc5c4C(C)(C)C(=O)N5)n3)c3c2OCO3)CC1. The molecule has 4 N–H and O–H groups in total. The lowest BCUT2D eigenvalue weighted by Crippen LogP contribution is -2.42. The number of aromatic nitrogens is 2. The fraction of sp³-hybridized carbons (Fsp3) is 0.452. The topological polar surface area (TPSA) is 121 Å². The Morgan fingerprint density at radius 1 is 1.17 bits per heavy atom. The molecule has 11 heteroatoms. The number of halogens is 1. The van der Waals surface area contributed by atoms with Crippen LogP contribution in [0.15, 0.2) is 36.5 Å². The van der Waals surface area contributed by atoms with E-state index in [0.29, 0.717) is 47.2 Å². The number of aliphatic hydroxyl groups is 1. The molecule has 4 heterocycles. The number of hydrogen-bond acceptors (Lipinski definition) is 9. The van der Waals surface area contributed by atoms with E-state index in [9.17, 15) is 9.90 Å². The van der Waals surface area contributed by atoms with Crippen LogP contribution >= 0.6 is 11.6 Å². The number of hydrogen-bond donors (Lipinski definition) is 4. The molecule has 0 bridgehead atoms. The van der Waals surface area contributed by atoms with Gasteiger partial charge in [-0.3, -0.25) is 4.79 Å². The maximum absolute atomic E-state index is 12.5. The molecule has 1 aromatic heterocycles. The van der Waals surface area contributed by atoms with Crippen LogP contribution < -0.4 is 25.4 Å². The molecule has 42 heavy (non-hydrogen) atoms. The molecular weight excluding hydrogens is 556 g/mol. The fourth-order valence-electron chi connectivity index (χ4n) is 6.22. The maximum atomic E-state index is 12.5. The highest BCUT2D eigenvalue weighted by Crippen LogP contribution is 2.47. The van der Waals surface area contributed by atoms with E-state index >= 15 is 0 Å². The molecule has 0 aliphatic carbocycles. The maximum Gasteiger partial charge on any atom is 0.234 e. The van der Waals surface area contributed by atoms with Gasteiger partial charge in [-0.15, -0.1) is 0 Å². The summed E-state index contributed by atoms with van der Waals surface area (Å²) >= 11 is 6.46. The quantitative estimate of drug-likeness (QED) is 0.273. The molecule has 0 saturated carbocycles. The molecule has 3 aliphatic heterocycles. The van der Waals surface area contributed by atoms with E-state index in [1.165, 1.54) is 0 Å². The van der Waals surface area contributed by atoms with E-state index in [-0.39, 0.29) is 12.7 Å². The van der Waals surface area contributed by atoms with Crippen molar-refractivity contribution < 1.29 is 19.4 Å². The predicted molar refractivity (Wildman–Crippen MR) is 163 cm³/mol. The van der Waals surface area contributed by atoms with Gasteiger partial charge in [-0.25, -0.2) is 4.98 Å². The van der Waals surface area contributed by atoms with Gasteiger partial charge in [0.15, 0.2) is 17.3 Å². The summed E-state index contributed by atoms with van der Waals surface area (Å²) in [6.45, 7) is 10.7. The van der Waals surface area contributed by atoms with Crippen LogP contribution in [0, 0.1) is 0 Å². The average Bonchev–Trinajstić information content (AvgIpc) is 3.52. The molecule has 222 valence electrons. The van der Waals surface area contributed by atoms with Crippen LogP contribution in [0.4, 0.5) is 23.1 Å². The summed E-state index contributed by atoms with van der Waals surface area (Å²) in [4.78, 5) is 23.8. The van der Waals surface area contributed by atoms with Gasteiger partial charge in [0.1, 0.15) is 5.02 Å². The van der Waals surface area contributed by atoms with Crippen molar-refractivity contribution in [2.45, 2.75) is 64.0 Å². The molecule has 3 aliphatic rings. The third-order valence-corrected chi connectivity index (χ3v) is 8.49. The minimum absolute atomic E-state index is 0.0162. The van der Waals surface area contributed by atoms with Gasteiger partial charge in [0, 0.05) is 24.3 Å². The molecule has 2 aromatic carbocycles. The highest BCUT2D eigenvalue weighted by atomic mass is 35.5. The Hall–Kier alpha value is -3.60. The molecular formula is C31H37ClN6O4. The number of benzene rings is 2. The van der Waals surface area contributed by atoms with Crippen LogP contribution in [-0.2, 0) is 16.8 Å². The number of carbonyl (C=O) groups is 1. The van der Waals surface area contributed by atoms with E-state index in [2.05, 4.69) is 36.9 Å². The van der Waals surface area contributed by atoms with Gasteiger partial charge in [-0.2, -0.15) is 4.98 Å². The van der Waals surface area contributed by atoms with Gasteiger partial charge in [-0.1, -0.05) is 29.8 Å². The Morgan fingerprint density at radius 2 is 1.93 bits per heavy atom. The Morgan fingerprint density at radius 3 is 2.69 bits per heavy atom. The summed E-state index contributed by atoms with van der Waals surface area (Å²) in [5, 5.41) is 20.1. The van der Waals surface area contributed by atoms with Crippen LogP contribution in [0.3, 0.4) is 0 Å². The summed E-state index contributed by atoms with van der Waals surface area (Å²) in [7, 11) is 0. The van der Waals surface area contributed by atoms with Gasteiger partial charge in [0.2, 0.25) is 18.6 Å². The number of likely N-dealkylation sites (tertiary alicyclic amines) is 1. The Balaban J connectivity index is 1.17. The van der Waals surface area contributed by atoms with Crippen molar-refractivity contribution in [3.05, 3.63) is 58.2 Å². The van der Waals surface area contributed by atoms with Gasteiger partial charge >= 0.3 is 0 Å². The summed E-state index contributed by atoms with van der Waals surface area (Å²) in [6.07, 6.45) is 3.52. The second-order valence-corrected chi connectivity index (χ2v) is 12.8. The third-order valence-electron chi connectivity index (χ3n) is 8.22. The number of β-amino-alcohol motifs (C(OH)–C–C–N with tert-alkyl or cyclic N) is 1. The number of nitrogens with one attached hydrogen (secondary N) is 3. The number of fused-ring (bicyclic) bond motifs is 2.